The molecule has 1 unspecified atom stereocenters. The predicted molar refractivity (Wildman–Crippen MR) is 117 cm³/mol. The quantitative estimate of drug-likeness (QED) is 0.670. The van der Waals surface area contributed by atoms with Gasteiger partial charge >= 0.3 is 0 Å². The summed E-state index contributed by atoms with van der Waals surface area (Å²) < 4.78 is 16.3. The lowest BCUT2D eigenvalue weighted by Crippen LogP contribution is -2.54. The topological polar surface area (TPSA) is 34.2 Å². The van der Waals surface area contributed by atoms with Gasteiger partial charge in [0.05, 0.1) is 32.4 Å². The summed E-state index contributed by atoms with van der Waals surface area (Å²) in [5, 5.41) is 0.643. The van der Waals surface area contributed by atoms with E-state index in [1.54, 1.807) is 21.3 Å². The Morgan fingerprint density at radius 1 is 0.897 bits per heavy atom. The van der Waals surface area contributed by atoms with E-state index in [9.17, 15) is 0 Å². The van der Waals surface area contributed by atoms with Crippen molar-refractivity contribution >= 4 is 17.3 Å². The van der Waals surface area contributed by atoms with E-state index in [2.05, 4.69) is 40.2 Å². The Morgan fingerprint density at radius 3 is 2.45 bits per heavy atom. The average molecular weight is 415 g/mol. The summed E-state index contributed by atoms with van der Waals surface area (Å²) in [7, 11) is 5.00. The number of benzene rings is 2. The number of halogens is 1. The normalized spacial score (nSPS) is 21.6. The highest BCUT2D eigenvalue weighted by Gasteiger charge is 2.34. The maximum atomic E-state index is 6.20. The van der Waals surface area contributed by atoms with Crippen LogP contribution in [0.5, 0.6) is 17.2 Å². The van der Waals surface area contributed by atoms with Crippen molar-refractivity contribution in [2.24, 2.45) is 0 Å². The summed E-state index contributed by atoms with van der Waals surface area (Å²) in [5.41, 5.74) is 2.38. The van der Waals surface area contributed by atoms with Gasteiger partial charge in [0.25, 0.3) is 0 Å². The van der Waals surface area contributed by atoms with Crippen molar-refractivity contribution in [3.63, 3.8) is 0 Å². The van der Waals surface area contributed by atoms with Gasteiger partial charge in [-0.25, -0.2) is 0 Å². The molecule has 4 rings (SSSR count). The summed E-state index contributed by atoms with van der Waals surface area (Å²) in [5.74, 6) is 2.25. The summed E-state index contributed by atoms with van der Waals surface area (Å²) in [6.45, 7) is 2.91. The molecule has 1 fully saturated rings. The van der Waals surface area contributed by atoms with Crippen LogP contribution in [0.4, 0.5) is 5.69 Å². The van der Waals surface area contributed by atoms with Crippen molar-refractivity contribution in [1.29, 1.82) is 0 Å². The zero-order valence-corrected chi connectivity index (χ0v) is 17.9. The number of methoxy groups -OCH3 is 3. The molecule has 2 aliphatic rings. The Hall–Kier alpha value is -2.37. The molecule has 0 aromatic heterocycles. The molecule has 2 heterocycles. The van der Waals surface area contributed by atoms with Gasteiger partial charge in [-0.1, -0.05) is 29.8 Å². The van der Waals surface area contributed by atoms with Crippen LogP contribution in [0.15, 0.2) is 48.6 Å². The Labute approximate surface area is 177 Å². The van der Waals surface area contributed by atoms with Crippen LogP contribution in [0.3, 0.4) is 0 Å². The van der Waals surface area contributed by atoms with Crippen LogP contribution in [-0.4, -0.2) is 51.9 Å². The molecule has 2 aliphatic heterocycles. The smallest absolute Gasteiger partial charge is 0.161 e. The summed E-state index contributed by atoms with van der Waals surface area (Å²) in [4.78, 5) is 5.01. The first-order chi connectivity index (χ1) is 14.1. The fourth-order valence-corrected chi connectivity index (χ4v) is 4.53. The van der Waals surface area contributed by atoms with Crippen LogP contribution >= 0.6 is 11.6 Å². The largest absolute Gasteiger partial charge is 0.495 e. The molecule has 2 aromatic carbocycles. The van der Waals surface area contributed by atoms with Gasteiger partial charge in [0.2, 0.25) is 0 Å². The highest BCUT2D eigenvalue weighted by atomic mass is 35.5. The predicted octanol–water partition coefficient (Wildman–Crippen LogP) is 4.56. The molecular formula is C23H27ClN2O3. The average Bonchev–Trinajstić information content (AvgIpc) is 2.78. The third-order valence-corrected chi connectivity index (χ3v) is 6.17. The lowest BCUT2D eigenvalue weighted by Gasteiger charge is -2.47. The minimum atomic E-state index is 0.246. The van der Waals surface area contributed by atoms with Gasteiger partial charge in [-0.3, -0.25) is 4.90 Å². The van der Waals surface area contributed by atoms with E-state index in [4.69, 9.17) is 25.8 Å². The van der Waals surface area contributed by atoms with Gasteiger partial charge < -0.3 is 19.1 Å². The van der Waals surface area contributed by atoms with Crippen molar-refractivity contribution in [2.45, 2.75) is 18.5 Å². The molecule has 2 aromatic rings. The van der Waals surface area contributed by atoms with Crippen molar-refractivity contribution in [1.82, 2.24) is 4.90 Å². The maximum Gasteiger partial charge on any atom is 0.161 e. The van der Waals surface area contributed by atoms with Crippen LogP contribution in [-0.2, 0) is 0 Å². The zero-order chi connectivity index (χ0) is 20.4. The minimum absolute atomic E-state index is 0.246. The summed E-state index contributed by atoms with van der Waals surface area (Å²) >= 11 is 6.20. The van der Waals surface area contributed by atoms with Gasteiger partial charge in [0, 0.05) is 37.4 Å². The summed E-state index contributed by atoms with van der Waals surface area (Å²) in [6, 6.07) is 12.9. The van der Waals surface area contributed by atoms with Crippen molar-refractivity contribution in [3.8, 4) is 17.2 Å². The minimum Gasteiger partial charge on any atom is -0.495 e. The second kappa shape index (κ2) is 8.56. The molecule has 5 nitrogen and oxygen atoms in total. The van der Waals surface area contributed by atoms with Gasteiger partial charge in [-0.15, -0.1) is 0 Å². The second-order valence-electron chi connectivity index (χ2n) is 7.38. The Morgan fingerprint density at radius 2 is 1.69 bits per heavy atom. The molecule has 154 valence electrons. The number of piperazine rings is 1. The molecule has 0 spiro atoms. The third-order valence-electron chi connectivity index (χ3n) is 5.86. The van der Waals surface area contributed by atoms with E-state index < -0.39 is 0 Å². The number of ether oxygens (including phenoxy) is 3. The van der Waals surface area contributed by atoms with Crippen molar-refractivity contribution in [3.05, 3.63) is 59.1 Å². The van der Waals surface area contributed by atoms with Gasteiger partial charge in [-0.2, -0.15) is 0 Å². The number of hydrogen-bond donors (Lipinski definition) is 0. The van der Waals surface area contributed by atoms with E-state index >= 15 is 0 Å². The summed E-state index contributed by atoms with van der Waals surface area (Å²) in [6.07, 6.45) is 5.65. The number of fused-ring (bicyclic) bond motifs is 1. The molecular weight excluding hydrogens is 388 g/mol. The standard InChI is InChI=1S/C23H27ClN2O3/c1-27-21-10-7-16(13-23(21)29-3)20-6-4-5-18-15-25(11-12-26(18)20)17-8-9-19(24)22(14-17)28-2/h4,6-10,13-14,18,20H,5,11-12,15H2,1-3H3/t18?,20-/m1/s1. The molecule has 0 bridgehead atoms. The fourth-order valence-electron chi connectivity index (χ4n) is 4.34. The first-order valence-corrected chi connectivity index (χ1v) is 10.2. The molecule has 6 heteroatoms. The molecule has 29 heavy (non-hydrogen) atoms. The fraction of sp³-hybridized carbons (Fsp3) is 0.391. The highest BCUT2D eigenvalue weighted by Crippen LogP contribution is 2.38. The Kier molecular flexibility index (Phi) is 5.88. The number of nitrogens with zero attached hydrogens (tertiary/aromatic N) is 2. The van der Waals surface area contributed by atoms with E-state index in [0.29, 0.717) is 11.1 Å². The van der Waals surface area contributed by atoms with Gasteiger partial charge in [-0.05, 0) is 36.2 Å². The molecule has 2 atom stereocenters. The van der Waals surface area contributed by atoms with Crippen LogP contribution in [0.2, 0.25) is 5.02 Å². The Balaban J connectivity index is 1.54. The van der Waals surface area contributed by atoms with Crippen LogP contribution in [0.1, 0.15) is 18.0 Å². The molecule has 0 N–H and O–H groups in total. The third kappa shape index (κ3) is 3.89. The SMILES string of the molecule is COc1cc(N2CCN3C(CC=C[C@@H]3c3ccc(OC)c(OC)c3)C2)ccc1Cl. The van der Waals surface area contributed by atoms with Crippen molar-refractivity contribution < 1.29 is 14.2 Å². The van der Waals surface area contributed by atoms with E-state index in [0.717, 1.165) is 49.0 Å². The molecule has 1 saturated heterocycles. The first-order valence-electron chi connectivity index (χ1n) is 9.87. The maximum absolute atomic E-state index is 6.20. The Bertz CT molecular complexity index is 902. The first kappa shape index (κ1) is 19.9. The van der Waals surface area contributed by atoms with E-state index in [-0.39, 0.29) is 6.04 Å². The number of hydrogen-bond acceptors (Lipinski definition) is 5. The van der Waals surface area contributed by atoms with Crippen LogP contribution in [0, 0.1) is 0 Å². The zero-order valence-electron chi connectivity index (χ0n) is 17.1. The molecule has 0 aliphatic carbocycles. The molecule has 0 radical (unpaired) electrons. The molecule has 0 saturated carbocycles. The second-order valence-corrected chi connectivity index (χ2v) is 7.79. The van der Waals surface area contributed by atoms with Crippen LogP contribution < -0.4 is 19.1 Å². The monoisotopic (exact) mass is 414 g/mol. The van der Waals surface area contributed by atoms with E-state index in [1.807, 2.05) is 18.2 Å². The van der Waals surface area contributed by atoms with Crippen LogP contribution in [0.25, 0.3) is 0 Å². The lowest BCUT2D eigenvalue weighted by molar-refractivity contribution is 0.134. The van der Waals surface area contributed by atoms with Gasteiger partial charge in [0.15, 0.2) is 11.5 Å². The number of anilines is 1. The lowest BCUT2D eigenvalue weighted by atomic mass is 9.94. The number of rotatable bonds is 5. The van der Waals surface area contributed by atoms with E-state index in [1.165, 1.54) is 5.56 Å². The van der Waals surface area contributed by atoms with Gasteiger partial charge in [0.1, 0.15) is 5.75 Å². The molecule has 0 amide bonds. The highest BCUT2D eigenvalue weighted by molar-refractivity contribution is 6.32. The van der Waals surface area contributed by atoms with Crippen molar-refractivity contribution in [2.75, 3.05) is 45.9 Å².